The van der Waals surface area contributed by atoms with E-state index in [0.29, 0.717) is 17.8 Å². The number of imidazole rings is 1. The van der Waals surface area contributed by atoms with Gasteiger partial charge in [-0.1, -0.05) is 20.4 Å². The van der Waals surface area contributed by atoms with Gasteiger partial charge >= 0.3 is 0 Å². The van der Waals surface area contributed by atoms with Gasteiger partial charge in [-0.05, 0) is 38.0 Å². The van der Waals surface area contributed by atoms with E-state index >= 15 is 0 Å². The predicted molar refractivity (Wildman–Crippen MR) is 109 cm³/mol. The van der Waals surface area contributed by atoms with Gasteiger partial charge in [0.05, 0.1) is 11.2 Å². The van der Waals surface area contributed by atoms with Crippen LogP contribution in [0.2, 0.25) is 0 Å². The molecule has 1 aromatic heterocycles. The van der Waals surface area contributed by atoms with Gasteiger partial charge in [0.2, 0.25) is 0 Å². The summed E-state index contributed by atoms with van der Waals surface area (Å²) in [4.78, 5) is 7.29. The zero-order valence-electron chi connectivity index (χ0n) is 16.0. The van der Waals surface area contributed by atoms with Gasteiger partial charge in [0.1, 0.15) is 11.6 Å². The van der Waals surface area contributed by atoms with Crippen molar-refractivity contribution >= 4 is 14.5 Å². The maximum Gasteiger partial charge on any atom is 0.135 e. The number of fused-ring (bicyclic) bond motifs is 1. The summed E-state index contributed by atoms with van der Waals surface area (Å²) < 4.78 is 16.1. The number of rotatable bonds is 4. The molecule has 1 aliphatic rings. The summed E-state index contributed by atoms with van der Waals surface area (Å²) in [5.41, 5.74) is 9.54. The van der Waals surface area contributed by atoms with Crippen molar-refractivity contribution in [1.29, 1.82) is 0 Å². The van der Waals surface area contributed by atoms with E-state index in [1.165, 1.54) is 11.8 Å². The number of nitrogens with two attached hydrogens (primary N) is 1. The van der Waals surface area contributed by atoms with Crippen LogP contribution in [0.1, 0.15) is 45.1 Å². The van der Waals surface area contributed by atoms with E-state index < -0.39 is 0 Å². The summed E-state index contributed by atoms with van der Waals surface area (Å²) in [6.07, 6.45) is 0. The van der Waals surface area contributed by atoms with Gasteiger partial charge in [-0.2, -0.15) is 0 Å². The van der Waals surface area contributed by atoms with Crippen LogP contribution in [0, 0.1) is 5.82 Å². The molecule has 0 radical (unpaired) electrons. The van der Waals surface area contributed by atoms with Gasteiger partial charge in [-0.25, -0.2) is 9.37 Å². The SMILES string of the molecule is C=C(CN)N1CCn2c(nc(-c3ccc(F)c(P)c3)c2C(C)C)C1(C)C. The molecule has 0 amide bonds. The summed E-state index contributed by atoms with van der Waals surface area (Å²) in [5.74, 6) is 1.09. The summed E-state index contributed by atoms with van der Waals surface area (Å²) >= 11 is 0. The molecule has 1 aromatic carbocycles. The van der Waals surface area contributed by atoms with Crippen LogP contribution in [0.15, 0.2) is 30.5 Å². The van der Waals surface area contributed by atoms with Crippen molar-refractivity contribution in [1.82, 2.24) is 14.5 Å². The maximum absolute atomic E-state index is 13.7. The van der Waals surface area contributed by atoms with Gasteiger partial charge in [-0.15, -0.1) is 9.24 Å². The molecule has 26 heavy (non-hydrogen) atoms. The lowest BCUT2D eigenvalue weighted by atomic mass is 9.97. The van der Waals surface area contributed by atoms with E-state index in [0.717, 1.165) is 35.9 Å². The number of halogens is 1. The number of aromatic nitrogens is 2. The molecule has 0 saturated heterocycles. The Labute approximate surface area is 157 Å². The highest BCUT2D eigenvalue weighted by Crippen LogP contribution is 2.39. The average Bonchev–Trinajstić information content (AvgIpc) is 2.98. The molecular weight excluding hydrogens is 346 g/mol. The number of hydrogen-bond acceptors (Lipinski definition) is 3. The highest BCUT2D eigenvalue weighted by Gasteiger charge is 2.39. The van der Waals surface area contributed by atoms with Crippen LogP contribution in [0.4, 0.5) is 4.39 Å². The molecule has 0 saturated carbocycles. The molecule has 2 aromatic rings. The second kappa shape index (κ2) is 6.79. The quantitative estimate of drug-likeness (QED) is 0.835. The predicted octanol–water partition coefficient (Wildman–Crippen LogP) is 3.34. The number of nitrogens with zero attached hydrogens (tertiary/aromatic N) is 3. The minimum absolute atomic E-state index is 0.223. The normalized spacial score (nSPS) is 16.1. The van der Waals surface area contributed by atoms with E-state index in [-0.39, 0.29) is 11.4 Å². The highest BCUT2D eigenvalue weighted by molar-refractivity contribution is 7.27. The first-order valence-electron chi connectivity index (χ1n) is 9.00. The highest BCUT2D eigenvalue weighted by atomic mass is 31.0. The monoisotopic (exact) mass is 374 g/mol. The van der Waals surface area contributed by atoms with Crippen LogP contribution >= 0.6 is 9.24 Å². The summed E-state index contributed by atoms with van der Waals surface area (Å²) in [5, 5.41) is 0.556. The van der Waals surface area contributed by atoms with Crippen molar-refractivity contribution in [3.8, 4) is 11.3 Å². The molecule has 0 spiro atoms. The first-order valence-corrected chi connectivity index (χ1v) is 9.58. The van der Waals surface area contributed by atoms with Crippen LogP contribution in [0.25, 0.3) is 11.3 Å². The molecule has 0 bridgehead atoms. The van der Waals surface area contributed by atoms with E-state index in [9.17, 15) is 4.39 Å². The summed E-state index contributed by atoms with van der Waals surface area (Å²) in [6, 6.07) is 5.17. The molecule has 6 heteroatoms. The van der Waals surface area contributed by atoms with E-state index in [4.69, 9.17) is 10.7 Å². The molecule has 1 aliphatic heterocycles. The van der Waals surface area contributed by atoms with Crippen molar-refractivity contribution in [2.75, 3.05) is 13.1 Å². The fraction of sp³-hybridized carbons (Fsp3) is 0.450. The van der Waals surface area contributed by atoms with Crippen LogP contribution in [-0.4, -0.2) is 27.5 Å². The number of benzene rings is 1. The topological polar surface area (TPSA) is 47.1 Å². The van der Waals surface area contributed by atoms with E-state index in [1.54, 1.807) is 0 Å². The van der Waals surface area contributed by atoms with Crippen molar-refractivity contribution in [3.05, 3.63) is 47.8 Å². The molecule has 3 rings (SSSR count). The lowest BCUT2D eigenvalue weighted by Crippen LogP contribution is -2.49. The average molecular weight is 374 g/mol. The second-order valence-corrected chi connectivity index (χ2v) is 8.31. The molecular formula is C20H28FN4P. The first kappa shape index (κ1) is 19.1. The lowest BCUT2D eigenvalue weighted by Gasteiger charge is -2.45. The van der Waals surface area contributed by atoms with Crippen LogP contribution < -0.4 is 11.0 Å². The molecule has 2 N–H and O–H groups in total. The molecule has 140 valence electrons. The smallest absolute Gasteiger partial charge is 0.135 e. The van der Waals surface area contributed by atoms with E-state index in [2.05, 4.69) is 53.0 Å². The third kappa shape index (κ3) is 2.97. The Balaban J connectivity index is 2.19. The Bertz CT molecular complexity index is 854. The Morgan fingerprint density at radius 3 is 2.65 bits per heavy atom. The molecule has 0 fully saturated rings. The van der Waals surface area contributed by atoms with Crippen molar-refractivity contribution in [3.63, 3.8) is 0 Å². The van der Waals surface area contributed by atoms with Crippen LogP contribution in [0.5, 0.6) is 0 Å². The second-order valence-electron chi connectivity index (χ2n) is 7.69. The molecule has 1 atom stereocenters. The Hall–Kier alpha value is -1.71. The minimum Gasteiger partial charge on any atom is -0.360 e. The largest absolute Gasteiger partial charge is 0.360 e. The fourth-order valence-corrected chi connectivity index (χ4v) is 4.19. The van der Waals surface area contributed by atoms with Crippen molar-refractivity contribution < 1.29 is 4.39 Å². The Morgan fingerprint density at radius 2 is 2.08 bits per heavy atom. The summed E-state index contributed by atoms with van der Waals surface area (Å²) in [7, 11) is 2.46. The molecule has 2 heterocycles. The van der Waals surface area contributed by atoms with Crippen molar-refractivity contribution in [2.24, 2.45) is 5.73 Å². The van der Waals surface area contributed by atoms with Crippen LogP contribution in [0.3, 0.4) is 0 Å². The standard InChI is InChI=1S/C20H28FN4P/c1-12(2)18-17(14-6-7-15(21)16(26)10-14)23-19-20(4,5)25(13(3)11-22)9-8-24(18)19/h6-7,10,12H,3,8-9,11,22,26H2,1-2,4-5H3. The molecule has 0 aliphatic carbocycles. The lowest BCUT2D eigenvalue weighted by molar-refractivity contribution is 0.116. The number of hydrogen-bond donors (Lipinski definition) is 1. The van der Waals surface area contributed by atoms with Gasteiger partial charge in [0.25, 0.3) is 0 Å². The Kier molecular flexibility index (Phi) is 4.98. The molecule has 1 unspecified atom stereocenters. The maximum atomic E-state index is 13.7. The first-order chi connectivity index (χ1) is 12.2. The van der Waals surface area contributed by atoms with Crippen molar-refractivity contribution in [2.45, 2.75) is 45.7 Å². The minimum atomic E-state index is -0.305. The molecule has 4 nitrogen and oxygen atoms in total. The third-order valence-electron chi connectivity index (χ3n) is 5.21. The third-order valence-corrected chi connectivity index (χ3v) is 5.65. The van der Waals surface area contributed by atoms with Gasteiger partial charge < -0.3 is 15.2 Å². The zero-order valence-corrected chi connectivity index (χ0v) is 17.2. The van der Waals surface area contributed by atoms with Crippen LogP contribution in [-0.2, 0) is 12.1 Å². The Morgan fingerprint density at radius 1 is 1.38 bits per heavy atom. The summed E-state index contributed by atoms with van der Waals surface area (Å²) in [6.45, 7) is 14.9. The fourth-order valence-electron chi connectivity index (χ4n) is 3.91. The van der Waals surface area contributed by atoms with Gasteiger partial charge in [0.15, 0.2) is 0 Å². The van der Waals surface area contributed by atoms with Gasteiger partial charge in [0, 0.05) is 41.9 Å². The van der Waals surface area contributed by atoms with E-state index in [1.807, 2.05) is 12.1 Å². The van der Waals surface area contributed by atoms with Gasteiger partial charge in [-0.3, -0.25) is 0 Å². The zero-order chi connectivity index (χ0) is 19.2.